The summed E-state index contributed by atoms with van der Waals surface area (Å²) in [6, 6.07) is 0. The highest BCUT2D eigenvalue weighted by Crippen LogP contribution is 2.43. The molecule has 0 aliphatic heterocycles. The van der Waals surface area contributed by atoms with E-state index in [-0.39, 0.29) is 6.54 Å². The fraction of sp³-hybridized carbons (Fsp3) is 0.625. The van der Waals surface area contributed by atoms with E-state index in [1.54, 1.807) is 0 Å². The van der Waals surface area contributed by atoms with E-state index in [0.717, 1.165) is 18.5 Å². The first-order chi connectivity index (χ1) is 6.97. The maximum absolute atomic E-state index is 12.3. The van der Waals surface area contributed by atoms with Crippen LogP contribution in [0.15, 0.2) is 6.20 Å². The minimum Gasteiger partial charge on any atom is -0.267 e. The average molecular weight is 253 g/mol. The predicted octanol–water partition coefficient (Wildman–Crippen LogP) is 1.71. The second-order valence-corrected chi connectivity index (χ2v) is 5.51. The minimum absolute atomic E-state index is 0.0252. The van der Waals surface area contributed by atoms with Gasteiger partial charge in [0, 0.05) is 5.92 Å². The molecule has 1 aromatic rings. The van der Waals surface area contributed by atoms with Crippen LogP contribution in [0.25, 0.3) is 0 Å². The van der Waals surface area contributed by atoms with Crippen molar-refractivity contribution in [2.75, 3.05) is 5.75 Å². The Bertz CT molecular complexity index is 467. The van der Waals surface area contributed by atoms with Crippen LogP contribution in [0.1, 0.15) is 24.5 Å². The van der Waals surface area contributed by atoms with Gasteiger partial charge >= 0.3 is 10.2 Å². The fourth-order valence-electron chi connectivity index (χ4n) is 1.51. The van der Waals surface area contributed by atoms with Crippen molar-refractivity contribution in [1.29, 1.82) is 0 Å². The summed E-state index contributed by atoms with van der Waals surface area (Å²) >= 11 is 5.90. The van der Waals surface area contributed by atoms with Crippen LogP contribution in [0.3, 0.4) is 0 Å². The lowest BCUT2D eigenvalue weighted by Crippen LogP contribution is -2.12. The van der Waals surface area contributed by atoms with Crippen molar-refractivity contribution in [2.24, 2.45) is 0 Å². The van der Waals surface area contributed by atoms with E-state index < -0.39 is 16.0 Å². The molecule has 2 rings (SSSR count). The summed E-state index contributed by atoms with van der Waals surface area (Å²) in [5.41, 5.74) is 0.834. The van der Waals surface area contributed by atoms with E-state index in [4.69, 9.17) is 11.6 Å². The Kier molecular flexibility index (Phi) is 2.72. The number of aryl methyl sites for hydroxylation is 1. The van der Waals surface area contributed by atoms with Crippen molar-refractivity contribution in [2.45, 2.75) is 25.3 Å². The second-order valence-electron chi connectivity index (χ2n) is 3.62. The van der Waals surface area contributed by atoms with Crippen LogP contribution < -0.4 is 0 Å². The number of aromatic nitrogens is 2. The van der Waals surface area contributed by atoms with Crippen molar-refractivity contribution < 1.29 is 12.3 Å². The molecule has 1 fully saturated rings. The normalized spacial score (nSPS) is 16.9. The third-order valence-electron chi connectivity index (χ3n) is 2.34. The number of hydrogen-bond donors (Lipinski definition) is 0. The van der Waals surface area contributed by atoms with Gasteiger partial charge in [0.1, 0.15) is 0 Å². The van der Waals surface area contributed by atoms with E-state index in [0.29, 0.717) is 10.9 Å². The monoisotopic (exact) mass is 252 g/mol. The number of rotatable bonds is 4. The van der Waals surface area contributed by atoms with Crippen molar-refractivity contribution in [3.05, 3.63) is 16.9 Å². The molecule has 1 heterocycles. The van der Waals surface area contributed by atoms with Gasteiger partial charge in [0.25, 0.3) is 0 Å². The number of hydrogen-bond acceptors (Lipinski definition) is 3. The van der Waals surface area contributed by atoms with Crippen molar-refractivity contribution in [3.63, 3.8) is 0 Å². The largest absolute Gasteiger partial charge is 0.304 e. The molecule has 0 amide bonds. The Hall–Kier alpha value is -0.620. The smallest absolute Gasteiger partial charge is 0.267 e. The Morgan fingerprint density at radius 3 is 2.80 bits per heavy atom. The summed E-state index contributed by atoms with van der Waals surface area (Å²) in [4.78, 5) is 0. The summed E-state index contributed by atoms with van der Waals surface area (Å²) in [5, 5.41) is 4.47. The number of halogens is 2. The molecule has 0 unspecified atom stereocenters. The van der Waals surface area contributed by atoms with E-state index in [1.807, 2.05) is 0 Å². The van der Waals surface area contributed by atoms with E-state index in [9.17, 15) is 12.3 Å². The molecule has 1 saturated carbocycles. The maximum Gasteiger partial charge on any atom is 0.304 e. The van der Waals surface area contributed by atoms with Gasteiger partial charge in [-0.15, -0.1) is 3.89 Å². The molecule has 0 atom stereocenters. The highest BCUT2D eigenvalue weighted by molar-refractivity contribution is 7.86. The highest BCUT2D eigenvalue weighted by Gasteiger charge is 2.30. The van der Waals surface area contributed by atoms with Gasteiger partial charge in [-0.2, -0.15) is 13.5 Å². The van der Waals surface area contributed by atoms with Crippen LogP contribution in [-0.2, 0) is 16.8 Å². The molecule has 0 spiro atoms. The average Bonchev–Trinajstić information content (AvgIpc) is 2.87. The SMILES string of the molecule is O=S(=O)(F)CCn1ncc(Cl)c1C1CC1. The van der Waals surface area contributed by atoms with Crippen LogP contribution in [0.4, 0.5) is 3.89 Å². The quantitative estimate of drug-likeness (QED) is 0.767. The van der Waals surface area contributed by atoms with Gasteiger partial charge in [-0.3, -0.25) is 4.68 Å². The van der Waals surface area contributed by atoms with E-state index >= 15 is 0 Å². The molecule has 0 N–H and O–H groups in total. The standard InChI is InChI=1S/C8H10ClFN2O2S/c9-7-5-11-12(3-4-15(10,13)14)8(7)6-1-2-6/h5-6H,1-4H2. The molecular formula is C8H10ClFN2O2S. The molecule has 0 saturated heterocycles. The summed E-state index contributed by atoms with van der Waals surface area (Å²) in [5.74, 6) is -0.188. The lowest BCUT2D eigenvalue weighted by Gasteiger charge is -2.04. The van der Waals surface area contributed by atoms with Crippen LogP contribution in [0.5, 0.6) is 0 Å². The molecule has 84 valence electrons. The van der Waals surface area contributed by atoms with Crippen LogP contribution >= 0.6 is 11.6 Å². The van der Waals surface area contributed by atoms with Crippen molar-refractivity contribution in [3.8, 4) is 0 Å². The third-order valence-corrected chi connectivity index (χ3v) is 3.31. The van der Waals surface area contributed by atoms with Crippen LogP contribution in [0, 0.1) is 0 Å². The van der Waals surface area contributed by atoms with Gasteiger partial charge in [-0.25, -0.2) is 0 Å². The van der Waals surface area contributed by atoms with Crippen LogP contribution in [0.2, 0.25) is 5.02 Å². The summed E-state index contributed by atoms with van der Waals surface area (Å²) in [6.45, 7) is 0.0252. The van der Waals surface area contributed by atoms with E-state index in [2.05, 4.69) is 5.10 Å². The molecule has 0 bridgehead atoms. The zero-order valence-electron chi connectivity index (χ0n) is 7.86. The Morgan fingerprint density at radius 1 is 1.60 bits per heavy atom. The first kappa shape index (κ1) is 10.9. The topological polar surface area (TPSA) is 52.0 Å². The zero-order chi connectivity index (χ0) is 11.1. The molecule has 0 aromatic carbocycles. The maximum atomic E-state index is 12.3. The van der Waals surface area contributed by atoms with Gasteiger partial charge in [-0.1, -0.05) is 11.6 Å². The second kappa shape index (κ2) is 3.75. The molecule has 0 radical (unpaired) electrons. The molecule has 1 aliphatic carbocycles. The molecule has 1 aromatic heterocycles. The minimum atomic E-state index is -4.44. The number of nitrogens with zero attached hydrogens (tertiary/aromatic N) is 2. The van der Waals surface area contributed by atoms with Crippen molar-refractivity contribution >= 4 is 21.8 Å². The third kappa shape index (κ3) is 2.69. The van der Waals surface area contributed by atoms with Gasteiger partial charge in [0.15, 0.2) is 0 Å². The Balaban J connectivity index is 2.14. The summed E-state index contributed by atoms with van der Waals surface area (Å²) < 4.78 is 34.5. The lowest BCUT2D eigenvalue weighted by molar-refractivity contribution is 0.536. The van der Waals surface area contributed by atoms with Gasteiger partial charge in [-0.05, 0) is 12.8 Å². The Morgan fingerprint density at radius 2 is 2.27 bits per heavy atom. The first-order valence-electron chi connectivity index (χ1n) is 4.61. The van der Waals surface area contributed by atoms with Crippen LogP contribution in [-0.4, -0.2) is 24.0 Å². The van der Waals surface area contributed by atoms with Crippen molar-refractivity contribution in [1.82, 2.24) is 9.78 Å². The summed E-state index contributed by atoms with van der Waals surface area (Å²) in [7, 11) is -4.44. The summed E-state index contributed by atoms with van der Waals surface area (Å²) in [6.07, 6.45) is 3.54. The molecular weight excluding hydrogens is 243 g/mol. The molecule has 4 nitrogen and oxygen atoms in total. The van der Waals surface area contributed by atoms with Gasteiger partial charge in [0.2, 0.25) is 0 Å². The molecule has 15 heavy (non-hydrogen) atoms. The van der Waals surface area contributed by atoms with Gasteiger partial charge in [0.05, 0.1) is 29.2 Å². The predicted molar refractivity (Wildman–Crippen MR) is 54.1 cm³/mol. The highest BCUT2D eigenvalue weighted by atomic mass is 35.5. The van der Waals surface area contributed by atoms with E-state index in [1.165, 1.54) is 10.9 Å². The lowest BCUT2D eigenvalue weighted by atomic mass is 10.3. The molecule has 1 aliphatic rings. The zero-order valence-corrected chi connectivity index (χ0v) is 9.43. The fourth-order valence-corrected chi connectivity index (χ4v) is 2.19. The van der Waals surface area contributed by atoms with Gasteiger partial charge < -0.3 is 0 Å². The first-order valence-corrected chi connectivity index (χ1v) is 6.54. The molecule has 7 heteroatoms. The Labute approximate surface area is 92.2 Å².